The maximum atomic E-state index is 6.17. The van der Waals surface area contributed by atoms with E-state index in [-0.39, 0.29) is 5.41 Å². The van der Waals surface area contributed by atoms with Crippen molar-refractivity contribution in [2.75, 3.05) is 17.7 Å². The Morgan fingerprint density at radius 1 is 1.50 bits per heavy atom. The van der Waals surface area contributed by atoms with Crippen LogP contribution in [0.2, 0.25) is 5.02 Å². The van der Waals surface area contributed by atoms with Crippen molar-refractivity contribution in [2.45, 2.75) is 39.3 Å². The second-order valence-electron chi connectivity index (χ2n) is 5.44. The fourth-order valence-electron chi connectivity index (χ4n) is 2.45. The number of ether oxygens (including phenoxy) is 1. The largest absolute Gasteiger partial charge is 0.399 e. The summed E-state index contributed by atoms with van der Waals surface area (Å²) in [4.78, 5) is 0. The van der Waals surface area contributed by atoms with Crippen molar-refractivity contribution in [3.8, 4) is 0 Å². The quantitative estimate of drug-likeness (QED) is 0.821. The summed E-state index contributed by atoms with van der Waals surface area (Å²) in [6.45, 7) is 7.25. The Hall–Kier alpha value is -0.930. The number of halogens is 1. The van der Waals surface area contributed by atoms with E-state index >= 15 is 0 Å². The zero-order valence-corrected chi connectivity index (χ0v) is 11.9. The molecule has 0 amide bonds. The number of nitrogens with two attached hydrogens (primary N) is 1. The third-order valence-electron chi connectivity index (χ3n) is 3.87. The van der Waals surface area contributed by atoms with Crippen LogP contribution in [0.4, 0.5) is 11.4 Å². The van der Waals surface area contributed by atoms with Gasteiger partial charge < -0.3 is 15.8 Å². The lowest BCUT2D eigenvalue weighted by Gasteiger charge is -2.52. The van der Waals surface area contributed by atoms with Gasteiger partial charge in [0.15, 0.2) is 0 Å². The van der Waals surface area contributed by atoms with E-state index in [2.05, 4.69) is 19.2 Å². The van der Waals surface area contributed by atoms with E-state index in [4.69, 9.17) is 22.1 Å². The number of nitrogen functional groups attached to an aromatic ring is 1. The average Bonchev–Trinajstić information content (AvgIpc) is 2.30. The van der Waals surface area contributed by atoms with Gasteiger partial charge in [-0.05, 0) is 31.5 Å². The van der Waals surface area contributed by atoms with Gasteiger partial charge in [-0.15, -0.1) is 0 Å². The summed E-state index contributed by atoms with van der Waals surface area (Å²) in [5, 5.41) is 4.16. The molecule has 1 saturated carbocycles. The number of anilines is 2. The molecule has 0 spiro atoms. The summed E-state index contributed by atoms with van der Waals surface area (Å²) in [5.41, 5.74) is 7.44. The van der Waals surface area contributed by atoms with Gasteiger partial charge in [0.1, 0.15) is 0 Å². The standard InChI is InChI=1S/C14H21ClN2O/c1-4-18-13-8-12(14(13,2)3)17-11-6-5-9(16)7-10(11)15/h5-7,12-13,17H,4,8,16H2,1-3H3. The summed E-state index contributed by atoms with van der Waals surface area (Å²) in [7, 11) is 0. The monoisotopic (exact) mass is 268 g/mol. The molecule has 1 aromatic carbocycles. The van der Waals surface area contributed by atoms with Crippen molar-refractivity contribution in [2.24, 2.45) is 5.41 Å². The lowest BCUT2D eigenvalue weighted by molar-refractivity contribution is -0.0975. The maximum Gasteiger partial charge on any atom is 0.0665 e. The van der Waals surface area contributed by atoms with E-state index < -0.39 is 0 Å². The molecule has 0 saturated heterocycles. The van der Waals surface area contributed by atoms with Crippen molar-refractivity contribution in [1.29, 1.82) is 0 Å². The molecule has 4 heteroatoms. The number of benzene rings is 1. The highest BCUT2D eigenvalue weighted by atomic mass is 35.5. The zero-order chi connectivity index (χ0) is 13.3. The lowest BCUT2D eigenvalue weighted by Crippen LogP contribution is -2.58. The van der Waals surface area contributed by atoms with Gasteiger partial charge in [0.2, 0.25) is 0 Å². The number of rotatable bonds is 4. The summed E-state index contributed by atoms with van der Waals surface area (Å²) in [6.07, 6.45) is 1.34. The molecular weight excluding hydrogens is 248 g/mol. The molecule has 0 heterocycles. The molecule has 1 aliphatic carbocycles. The molecule has 3 N–H and O–H groups in total. The lowest BCUT2D eigenvalue weighted by atomic mass is 9.64. The molecule has 0 radical (unpaired) electrons. The van der Waals surface area contributed by atoms with Crippen molar-refractivity contribution in [3.05, 3.63) is 23.2 Å². The van der Waals surface area contributed by atoms with Gasteiger partial charge in [-0.25, -0.2) is 0 Å². The first-order valence-corrected chi connectivity index (χ1v) is 6.76. The molecule has 100 valence electrons. The first-order chi connectivity index (χ1) is 8.45. The van der Waals surface area contributed by atoms with Crippen LogP contribution in [0.5, 0.6) is 0 Å². The van der Waals surface area contributed by atoms with Crippen molar-refractivity contribution in [1.82, 2.24) is 0 Å². The van der Waals surface area contributed by atoms with Gasteiger partial charge in [-0.3, -0.25) is 0 Å². The molecular formula is C14H21ClN2O. The maximum absolute atomic E-state index is 6.17. The van der Waals surface area contributed by atoms with Gasteiger partial charge in [0.05, 0.1) is 16.8 Å². The van der Waals surface area contributed by atoms with Crippen LogP contribution in [-0.2, 0) is 4.74 Å². The van der Waals surface area contributed by atoms with E-state index in [1.807, 2.05) is 19.1 Å². The molecule has 2 atom stereocenters. The summed E-state index contributed by atoms with van der Waals surface area (Å²) >= 11 is 6.17. The smallest absolute Gasteiger partial charge is 0.0665 e. The first-order valence-electron chi connectivity index (χ1n) is 6.38. The number of hydrogen-bond donors (Lipinski definition) is 2. The highest BCUT2D eigenvalue weighted by Crippen LogP contribution is 2.45. The number of hydrogen-bond acceptors (Lipinski definition) is 3. The Kier molecular flexibility index (Phi) is 3.74. The van der Waals surface area contributed by atoms with E-state index in [0.717, 1.165) is 18.7 Å². The van der Waals surface area contributed by atoms with Crippen molar-refractivity contribution < 1.29 is 4.74 Å². The van der Waals surface area contributed by atoms with Crippen LogP contribution in [0, 0.1) is 5.41 Å². The van der Waals surface area contributed by atoms with Crippen LogP contribution >= 0.6 is 11.6 Å². The van der Waals surface area contributed by atoms with Crippen LogP contribution in [0.1, 0.15) is 27.2 Å². The van der Waals surface area contributed by atoms with E-state index in [1.54, 1.807) is 6.07 Å². The van der Waals surface area contributed by atoms with Crippen LogP contribution in [0.25, 0.3) is 0 Å². The predicted octanol–water partition coefficient (Wildman–Crippen LogP) is 3.54. The summed E-state index contributed by atoms with van der Waals surface area (Å²) in [5.74, 6) is 0. The van der Waals surface area contributed by atoms with E-state index in [1.165, 1.54) is 0 Å². The summed E-state index contributed by atoms with van der Waals surface area (Å²) < 4.78 is 5.72. The van der Waals surface area contributed by atoms with Crippen LogP contribution in [-0.4, -0.2) is 18.8 Å². The van der Waals surface area contributed by atoms with Gasteiger partial charge in [0, 0.05) is 23.8 Å². The minimum absolute atomic E-state index is 0.126. The molecule has 2 rings (SSSR count). The minimum atomic E-state index is 0.126. The van der Waals surface area contributed by atoms with Crippen LogP contribution in [0.3, 0.4) is 0 Å². The zero-order valence-electron chi connectivity index (χ0n) is 11.2. The normalized spacial score (nSPS) is 25.6. The Morgan fingerprint density at radius 3 is 2.78 bits per heavy atom. The highest BCUT2D eigenvalue weighted by Gasteiger charge is 2.48. The fourth-order valence-corrected chi connectivity index (χ4v) is 2.69. The molecule has 1 aromatic rings. The molecule has 18 heavy (non-hydrogen) atoms. The summed E-state index contributed by atoms with van der Waals surface area (Å²) in [6, 6.07) is 5.95. The molecule has 0 aromatic heterocycles. The molecule has 1 fully saturated rings. The van der Waals surface area contributed by atoms with Gasteiger partial charge in [0.25, 0.3) is 0 Å². The number of nitrogens with one attached hydrogen (secondary N) is 1. The Morgan fingerprint density at radius 2 is 2.22 bits per heavy atom. The van der Waals surface area contributed by atoms with E-state index in [9.17, 15) is 0 Å². The first kappa shape index (κ1) is 13.5. The molecule has 2 unspecified atom stereocenters. The third kappa shape index (κ3) is 2.43. The molecule has 1 aliphatic rings. The van der Waals surface area contributed by atoms with Gasteiger partial charge >= 0.3 is 0 Å². The Balaban J connectivity index is 2.03. The van der Waals surface area contributed by atoms with Crippen molar-refractivity contribution in [3.63, 3.8) is 0 Å². The third-order valence-corrected chi connectivity index (χ3v) is 4.18. The molecule has 3 nitrogen and oxygen atoms in total. The minimum Gasteiger partial charge on any atom is -0.399 e. The molecule has 0 aliphatic heterocycles. The predicted molar refractivity (Wildman–Crippen MR) is 77.1 cm³/mol. The van der Waals surface area contributed by atoms with Gasteiger partial charge in [-0.2, -0.15) is 0 Å². The fraction of sp³-hybridized carbons (Fsp3) is 0.571. The molecule has 0 bridgehead atoms. The van der Waals surface area contributed by atoms with Crippen molar-refractivity contribution >= 4 is 23.0 Å². The second kappa shape index (κ2) is 4.98. The Bertz CT molecular complexity index is 434. The Labute approximate surface area is 114 Å². The van der Waals surface area contributed by atoms with E-state index in [0.29, 0.717) is 22.9 Å². The average molecular weight is 269 g/mol. The highest BCUT2D eigenvalue weighted by molar-refractivity contribution is 6.33. The van der Waals surface area contributed by atoms with Gasteiger partial charge in [-0.1, -0.05) is 25.4 Å². The van der Waals surface area contributed by atoms with Crippen LogP contribution < -0.4 is 11.1 Å². The SMILES string of the molecule is CCOC1CC(Nc2ccc(N)cc2Cl)C1(C)C. The second-order valence-corrected chi connectivity index (χ2v) is 5.84. The van der Waals surface area contributed by atoms with Crippen LogP contribution in [0.15, 0.2) is 18.2 Å². The topological polar surface area (TPSA) is 47.3 Å².